The highest BCUT2D eigenvalue weighted by Crippen LogP contribution is 2.20. The zero-order valence-electron chi connectivity index (χ0n) is 10.8. The number of esters is 1. The summed E-state index contributed by atoms with van der Waals surface area (Å²) in [5, 5.41) is 10.9. The molecule has 1 rings (SSSR count). The predicted octanol–water partition coefficient (Wildman–Crippen LogP) is 2.98. The van der Waals surface area contributed by atoms with Gasteiger partial charge in [-0.1, -0.05) is 23.7 Å². The molecule has 0 aliphatic heterocycles. The molecule has 0 amide bonds. The third-order valence-corrected chi connectivity index (χ3v) is 2.92. The summed E-state index contributed by atoms with van der Waals surface area (Å²) in [6, 6.07) is 7.33. The van der Waals surface area contributed by atoms with Gasteiger partial charge in [0.05, 0.1) is 12.2 Å². The first kappa shape index (κ1) is 15.0. The van der Waals surface area contributed by atoms with Gasteiger partial charge in [0.15, 0.2) is 0 Å². The van der Waals surface area contributed by atoms with Crippen molar-refractivity contribution in [2.45, 2.75) is 38.7 Å². The van der Waals surface area contributed by atoms with Gasteiger partial charge in [0.2, 0.25) is 0 Å². The first-order valence-electron chi connectivity index (χ1n) is 6.05. The minimum absolute atomic E-state index is 0.231. The standard InChI is InChI=1S/C14H19ClO3/c1-3-18-13(16)8-9-14(2,17)10-11-4-6-12(15)7-5-11/h4-7,17H,3,8-10H2,1-2H3. The number of halogens is 1. The van der Waals surface area contributed by atoms with Crippen molar-refractivity contribution in [3.05, 3.63) is 34.9 Å². The number of hydrogen-bond acceptors (Lipinski definition) is 3. The second-order valence-corrected chi connectivity index (χ2v) is 5.04. The third-order valence-electron chi connectivity index (χ3n) is 2.67. The molecule has 18 heavy (non-hydrogen) atoms. The largest absolute Gasteiger partial charge is 0.466 e. The molecule has 3 nitrogen and oxygen atoms in total. The Labute approximate surface area is 113 Å². The quantitative estimate of drug-likeness (QED) is 0.809. The number of carbonyl (C=O) groups is 1. The Hall–Kier alpha value is -1.06. The van der Waals surface area contributed by atoms with E-state index in [9.17, 15) is 9.90 Å². The lowest BCUT2D eigenvalue weighted by atomic mass is 9.92. The number of carbonyl (C=O) groups excluding carboxylic acids is 1. The Bertz CT molecular complexity index is 385. The van der Waals surface area contributed by atoms with Crippen molar-refractivity contribution in [3.63, 3.8) is 0 Å². The van der Waals surface area contributed by atoms with Gasteiger partial charge >= 0.3 is 5.97 Å². The van der Waals surface area contributed by atoms with Crippen molar-refractivity contribution >= 4 is 17.6 Å². The molecule has 1 aromatic rings. The fourth-order valence-electron chi connectivity index (χ4n) is 1.73. The second-order valence-electron chi connectivity index (χ2n) is 4.61. The molecule has 0 aliphatic carbocycles. The summed E-state index contributed by atoms with van der Waals surface area (Å²) in [6.45, 7) is 3.86. The third kappa shape index (κ3) is 5.52. The van der Waals surface area contributed by atoms with E-state index in [1.807, 2.05) is 12.1 Å². The molecule has 100 valence electrons. The SMILES string of the molecule is CCOC(=O)CCC(C)(O)Cc1ccc(Cl)cc1. The minimum Gasteiger partial charge on any atom is -0.466 e. The molecule has 0 heterocycles. The maximum Gasteiger partial charge on any atom is 0.305 e. The average Bonchev–Trinajstić information content (AvgIpc) is 2.30. The number of aliphatic hydroxyl groups is 1. The van der Waals surface area contributed by atoms with Gasteiger partial charge in [-0.3, -0.25) is 4.79 Å². The van der Waals surface area contributed by atoms with Gasteiger partial charge in [-0.2, -0.15) is 0 Å². The van der Waals surface area contributed by atoms with Gasteiger partial charge in [0.25, 0.3) is 0 Å². The van der Waals surface area contributed by atoms with E-state index in [1.165, 1.54) is 0 Å². The van der Waals surface area contributed by atoms with E-state index in [2.05, 4.69) is 0 Å². The first-order valence-corrected chi connectivity index (χ1v) is 6.43. The van der Waals surface area contributed by atoms with Crippen LogP contribution in [0.4, 0.5) is 0 Å². The van der Waals surface area contributed by atoms with Gasteiger partial charge in [-0.05, 0) is 38.0 Å². The Kier molecular flexibility index (Phi) is 5.63. The molecule has 0 spiro atoms. The minimum atomic E-state index is -0.916. The molecule has 1 unspecified atom stereocenters. The molecule has 4 heteroatoms. The maximum atomic E-state index is 11.2. The topological polar surface area (TPSA) is 46.5 Å². The van der Waals surface area contributed by atoms with Crippen LogP contribution < -0.4 is 0 Å². The second kappa shape index (κ2) is 6.76. The molecular weight excluding hydrogens is 252 g/mol. The van der Waals surface area contributed by atoms with Crippen LogP contribution in [0, 0.1) is 0 Å². The van der Waals surface area contributed by atoms with Crippen molar-refractivity contribution in [1.29, 1.82) is 0 Å². The number of rotatable bonds is 6. The molecule has 0 saturated heterocycles. The first-order chi connectivity index (χ1) is 8.43. The lowest BCUT2D eigenvalue weighted by molar-refractivity contribution is -0.144. The Balaban J connectivity index is 2.48. The molecule has 0 aromatic heterocycles. The highest BCUT2D eigenvalue weighted by atomic mass is 35.5. The van der Waals surface area contributed by atoms with Crippen molar-refractivity contribution < 1.29 is 14.6 Å². The van der Waals surface area contributed by atoms with Crippen molar-refractivity contribution in [1.82, 2.24) is 0 Å². The van der Waals surface area contributed by atoms with Gasteiger partial charge in [0, 0.05) is 17.9 Å². The molecule has 1 aromatic carbocycles. The van der Waals surface area contributed by atoms with Crippen molar-refractivity contribution in [2.24, 2.45) is 0 Å². The number of benzene rings is 1. The lowest BCUT2D eigenvalue weighted by Gasteiger charge is -2.23. The van der Waals surface area contributed by atoms with E-state index >= 15 is 0 Å². The molecule has 0 saturated carbocycles. The maximum absolute atomic E-state index is 11.2. The van der Waals surface area contributed by atoms with E-state index in [0.29, 0.717) is 24.5 Å². The van der Waals surface area contributed by atoms with E-state index in [-0.39, 0.29) is 12.4 Å². The summed E-state index contributed by atoms with van der Waals surface area (Å²) in [4.78, 5) is 11.2. The molecule has 0 bridgehead atoms. The van der Waals surface area contributed by atoms with Crippen LogP contribution in [0.2, 0.25) is 5.02 Å². The van der Waals surface area contributed by atoms with Gasteiger partial charge in [0.1, 0.15) is 0 Å². The van der Waals surface area contributed by atoms with Gasteiger partial charge in [-0.15, -0.1) is 0 Å². The predicted molar refractivity (Wildman–Crippen MR) is 71.6 cm³/mol. The highest BCUT2D eigenvalue weighted by molar-refractivity contribution is 6.30. The fourth-order valence-corrected chi connectivity index (χ4v) is 1.86. The summed E-state index contributed by atoms with van der Waals surface area (Å²) in [7, 11) is 0. The van der Waals surface area contributed by atoms with Crippen molar-refractivity contribution in [3.8, 4) is 0 Å². The zero-order valence-corrected chi connectivity index (χ0v) is 11.5. The van der Waals surface area contributed by atoms with Crippen LogP contribution in [0.3, 0.4) is 0 Å². The van der Waals surface area contributed by atoms with Crippen molar-refractivity contribution in [2.75, 3.05) is 6.61 Å². The van der Waals surface area contributed by atoms with Gasteiger partial charge in [-0.25, -0.2) is 0 Å². The van der Waals surface area contributed by atoms with Crippen LogP contribution in [0.25, 0.3) is 0 Å². The van der Waals surface area contributed by atoms with Crippen LogP contribution in [-0.4, -0.2) is 23.3 Å². The summed E-state index contributed by atoms with van der Waals surface area (Å²) < 4.78 is 4.84. The lowest BCUT2D eigenvalue weighted by Crippen LogP contribution is -2.28. The summed E-state index contributed by atoms with van der Waals surface area (Å²) in [6.07, 6.45) is 1.10. The Morgan fingerprint density at radius 2 is 2.00 bits per heavy atom. The van der Waals surface area contributed by atoms with E-state index in [0.717, 1.165) is 5.56 Å². The van der Waals surface area contributed by atoms with Gasteiger partial charge < -0.3 is 9.84 Å². The molecule has 0 aliphatic rings. The molecule has 1 atom stereocenters. The number of hydrogen-bond donors (Lipinski definition) is 1. The van der Waals surface area contributed by atoms with Crippen LogP contribution in [0.5, 0.6) is 0 Å². The highest BCUT2D eigenvalue weighted by Gasteiger charge is 2.22. The Morgan fingerprint density at radius 3 is 2.56 bits per heavy atom. The normalized spacial score (nSPS) is 14.0. The molecular formula is C14H19ClO3. The van der Waals surface area contributed by atoms with E-state index < -0.39 is 5.60 Å². The summed E-state index contributed by atoms with van der Waals surface area (Å²) >= 11 is 5.80. The molecule has 0 radical (unpaired) electrons. The van der Waals surface area contributed by atoms with E-state index in [4.69, 9.17) is 16.3 Å². The zero-order chi connectivity index (χ0) is 13.6. The monoisotopic (exact) mass is 270 g/mol. The summed E-state index contributed by atoms with van der Waals surface area (Å²) in [5.74, 6) is -0.270. The summed E-state index contributed by atoms with van der Waals surface area (Å²) in [5.41, 5.74) is 0.0777. The van der Waals surface area contributed by atoms with Crippen LogP contribution in [0.15, 0.2) is 24.3 Å². The van der Waals surface area contributed by atoms with E-state index in [1.54, 1.807) is 26.0 Å². The van der Waals surface area contributed by atoms with Crippen LogP contribution >= 0.6 is 11.6 Å². The Morgan fingerprint density at radius 1 is 1.39 bits per heavy atom. The van der Waals surface area contributed by atoms with Crippen LogP contribution in [-0.2, 0) is 16.0 Å². The molecule has 0 fully saturated rings. The fraction of sp³-hybridized carbons (Fsp3) is 0.500. The van der Waals surface area contributed by atoms with Crippen LogP contribution in [0.1, 0.15) is 32.3 Å². The average molecular weight is 271 g/mol. The smallest absolute Gasteiger partial charge is 0.305 e. The molecule has 1 N–H and O–H groups in total. The number of ether oxygens (including phenoxy) is 1.